The summed E-state index contributed by atoms with van der Waals surface area (Å²) < 4.78 is 0. The Hall–Kier alpha value is -2.80. The second-order valence-electron chi connectivity index (χ2n) is 7.10. The third kappa shape index (κ3) is 4.98. The molecule has 1 atom stereocenters. The number of anilines is 1. The summed E-state index contributed by atoms with van der Waals surface area (Å²) in [7, 11) is 0. The van der Waals surface area contributed by atoms with Crippen LogP contribution in [0.5, 0.6) is 0 Å². The molecule has 0 radical (unpaired) electrons. The molecule has 1 heterocycles. The third-order valence-corrected chi connectivity index (χ3v) is 5.79. The first-order chi connectivity index (χ1) is 13.9. The van der Waals surface area contributed by atoms with Crippen molar-refractivity contribution in [2.75, 3.05) is 23.7 Å². The van der Waals surface area contributed by atoms with Crippen molar-refractivity contribution >= 4 is 35.3 Å². The van der Waals surface area contributed by atoms with Gasteiger partial charge in [0, 0.05) is 22.9 Å². The SMILES string of the molecule is Cc1ccc(SCCNC(=O)CN2C(=O)[C@@H](C)N(c3ccc(C)cc3)C2=O)cc1. The molecule has 1 fully saturated rings. The van der Waals surface area contributed by atoms with E-state index in [1.807, 2.05) is 62.4 Å². The van der Waals surface area contributed by atoms with Crippen molar-refractivity contribution in [1.82, 2.24) is 10.2 Å². The summed E-state index contributed by atoms with van der Waals surface area (Å²) in [5.41, 5.74) is 2.93. The highest BCUT2D eigenvalue weighted by Crippen LogP contribution is 2.26. The Morgan fingerprint density at radius 3 is 2.21 bits per heavy atom. The number of carbonyl (C=O) groups is 3. The van der Waals surface area contributed by atoms with Crippen molar-refractivity contribution in [2.24, 2.45) is 0 Å². The summed E-state index contributed by atoms with van der Waals surface area (Å²) in [4.78, 5) is 41.1. The molecule has 1 saturated heterocycles. The maximum atomic E-state index is 12.7. The third-order valence-electron chi connectivity index (χ3n) is 4.78. The second kappa shape index (κ2) is 9.13. The maximum absolute atomic E-state index is 12.7. The lowest BCUT2D eigenvalue weighted by Crippen LogP contribution is -2.42. The van der Waals surface area contributed by atoms with Crippen LogP contribution in [0.2, 0.25) is 0 Å². The highest BCUT2D eigenvalue weighted by molar-refractivity contribution is 7.99. The molecular formula is C22H25N3O3S. The Kier molecular flexibility index (Phi) is 6.59. The molecule has 6 nitrogen and oxygen atoms in total. The van der Waals surface area contributed by atoms with E-state index in [4.69, 9.17) is 0 Å². The smallest absolute Gasteiger partial charge is 0.332 e. The van der Waals surface area contributed by atoms with Gasteiger partial charge in [-0.15, -0.1) is 11.8 Å². The van der Waals surface area contributed by atoms with Gasteiger partial charge in [0.1, 0.15) is 12.6 Å². The van der Waals surface area contributed by atoms with Gasteiger partial charge < -0.3 is 5.32 Å². The molecule has 1 aliphatic heterocycles. The van der Waals surface area contributed by atoms with Crippen molar-refractivity contribution < 1.29 is 14.4 Å². The molecule has 0 aliphatic carbocycles. The molecule has 0 aromatic heterocycles. The van der Waals surface area contributed by atoms with Gasteiger partial charge in [-0.25, -0.2) is 4.79 Å². The molecule has 4 amide bonds. The number of thioether (sulfide) groups is 1. The van der Waals surface area contributed by atoms with Gasteiger partial charge >= 0.3 is 6.03 Å². The molecule has 0 spiro atoms. The fourth-order valence-corrected chi connectivity index (χ4v) is 3.87. The van der Waals surface area contributed by atoms with Crippen LogP contribution in [0.25, 0.3) is 0 Å². The molecule has 0 unspecified atom stereocenters. The van der Waals surface area contributed by atoms with Crippen molar-refractivity contribution in [3.05, 3.63) is 59.7 Å². The van der Waals surface area contributed by atoms with Crippen LogP contribution in [0.1, 0.15) is 18.1 Å². The van der Waals surface area contributed by atoms with Gasteiger partial charge in [0.25, 0.3) is 5.91 Å². The van der Waals surface area contributed by atoms with Gasteiger partial charge in [-0.1, -0.05) is 35.4 Å². The summed E-state index contributed by atoms with van der Waals surface area (Å²) in [5.74, 6) is 0.0108. The van der Waals surface area contributed by atoms with Gasteiger partial charge in [-0.05, 0) is 45.0 Å². The average Bonchev–Trinajstić information content (AvgIpc) is 2.91. The number of nitrogens with one attached hydrogen (secondary N) is 1. The first-order valence-corrected chi connectivity index (χ1v) is 10.5. The summed E-state index contributed by atoms with van der Waals surface area (Å²) in [6.07, 6.45) is 0. The van der Waals surface area contributed by atoms with E-state index in [1.54, 1.807) is 18.7 Å². The Balaban J connectivity index is 1.51. The number of hydrogen-bond donors (Lipinski definition) is 1. The van der Waals surface area contributed by atoms with E-state index < -0.39 is 12.1 Å². The van der Waals surface area contributed by atoms with E-state index in [0.29, 0.717) is 18.0 Å². The quantitative estimate of drug-likeness (QED) is 0.431. The number of rotatable bonds is 7. The fourth-order valence-electron chi connectivity index (χ4n) is 3.10. The van der Waals surface area contributed by atoms with Gasteiger partial charge in [-0.3, -0.25) is 19.4 Å². The van der Waals surface area contributed by atoms with Crippen LogP contribution in [0, 0.1) is 13.8 Å². The molecule has 0 saturated carbocycles. The number of hydrogen-bond acceptors (Lipinski definition) is 4. The predicted molar refractivity (Wildman–Crippen MR) is 115 cm³/mol. The number of nitrogens with zero attached hydrogens (tertiary/aromatic N) is 2. The first-order valence-electron chi connectivity index (χ1n) is 9.54. The molecule has 7 heteroatoms. The largest absolute Gasteiger partial charge is 0.354 e. The van der Waals surface area contributed by atoms with E-state index in [9.17, 15) is 14.4 Å². The van der Waals surface area contributed by atoms with Crippen LogP contribution in [0.15, 0.2) is 53.4 Å². The lowest BCUT2D eigenvalue weighted by atomic mass is 10.2. The van der Waals surface area contributed by atoms with E-state index in [-0.39, 0.29) is 18.4 Å². The minimum absolute atomic E-state index is 0.264. The number of aryl methyl sites for hydroxylation is 2. The Labute approximate surface area is 175 Å². The summed E-state index contributed by atoms with van der Waals surface area (Å²) >= 11 is 1.64. The molecular weight excluding hydrogens is 386 g/mol. The van der Waals surface area contributed by atoms with Crippen molar-refractivity contribution in [3.63, 3.8) is 0 Å². The number of imide groups is 1. The van der Waals surface area contributed by atoms with Gasteiger partial charge in [0.05, 0.1) is 0 Å². The van der Waals surface area contributed by atoms with E-state index in [0.717, 1.165) is 15.4 Å². The molecule has 1 aliphatic rings. The lowest BCUT2D eigenvalue weighted by Gasteiger charge is -2.19. The monoisotopic (exact) mass is 411 g/mol. The second-order valence-corrected chi connectivity index (χ2v) is 8.27. The number of urea groups is 1. The Morgan fingerprint density at radius 2 is 1.59 bits per heavy atom. The number of amides is 4. The van der Waals surface area contributed by atoms with Crippen LogP contribution < -0.4 is 10.2 Å². The van der Waals surface area contributed by atoms with Crippen LogP contribution in [0.4, 0.5) is 10.5 Å². The van der Waals surface area contributed by atoms with Gasteiger partial charge in [0.2, 0.25) is 5.91 Å². The zero-order chi connectivity index (χ0) is 21.0. The average molecular weight is 412 g/mol. The molecule has 152 valence electrons. The standard InChI is InChI=1S/C22H25N3O3S/c1-15-4-8-18(9-5-15)25-17(3)21(27)24(22(25)28)14-20(26)23-12-13-29-19-10-6-16(2)7-11-19/h4-11,17H,12-14H2,1-3H3,(H,23,26)/t17-/m1/s1. The lowest BCUT2D eigenvalue weighted by molar-refractivity contribution is -0.131. The number of benzene rings is 2. The topological polar surface area (TPSA) is 69.7 Å². The highest BCUT2D eigenvalue weighted by Gasteiger charge is 2.43. The van der Waals surface area contributed by atoms with Gasteiger partial charge in [-0.2, -0.15) is 0 Å². The molecule has 1 N–H and O–H groups in total. The maximum Gasteiger partial charge on any atom is 0.332 e. The summed E-state index contributed by atoms with van der Waals surface area (Å²) in [6.45, 7) is 5.87. The summed E-state index contributed by atoms with van der Waals surface area (Å²) in [6, 6.07) is 14.5. The Morgan fingerprint density at radius 1 is 1.00 bits per heavy atom. The number of carbonyl (C=O) groups excluding carboxylic acids is 3. The fraction of sp³-hybridized carbons (Fsp3) is 0.318. The van der Waals surface area contributed by atoms with E-state index in [1.165, 1.54) is 10.5 Å². The van der Waals surface area contributed by atoms with Crippen LogP contribution in [0.3, 0.4) is 0 Å². The van der Waals surface area contributed by atoms with Crippen LogP contribution >= 0.6 is 11.8 Å². The minimum atomic E-state index is -0.630. The zero-order valence-corrected chi connectivity index (χ0v) is 17.7. The van der Waals surface area contributed by atoms with E-state index >= 15 is 0 Å². The van der Waals surface area contributed by atoms with Crippen molar-refractivity contribution in [1.29, 1.82) is 0 Å². The zero-order valence-electron chi connectivity index (χ0n) is 16.8. The van der Waals surface area contributed by atoms with Crippen LogP contribution in [-0.4, -0.2) is 47.6 Å². The van der Waals surface area contributed by atoms with Crippen molar-refractivity contribution in [2.45, 2.75) is 31.7 Å². The molecule has 2 aromatic carbocycles. The molecule has 0 bridgehead atoms. The molecule has 29 heavy (non-hydrogen) atoms. The van der Waals surface area contributed by atoms with Crippen molar-refractivity contribution in [3.8, 4) is 0 Å². The molecule has 2 aromatic rings. The first kappa shape index (κ1) is 20.9. The predicted octanol–water partition coefficient (Wildman–Crippen LogP) is 3.37. The highest BCUT2D eigenvalue weighted by atomic mass is 32.2. The van der Waals surface area contributed by atoms with E-state index in [2.05, 4.69) is 5.32 Å². The van der Waals surface area contributed by atoms with Crippen LogP contribution in [-0.2, 0) is 9.59 Å². The normalized spacial score (nSPS) is 16.4. The van der Waals surface area contributed by atoms with Gasteiger partial charge in [0.15, 0.2) is 0 Å². The summed E-state index contributed by atoms with van der Waals surface area (Å²) in [5, 5.41) is 2.78. The molecule has 3 rings (SSSR count). The minimum Gasteiger partial charge on any atom is -0.354 e. The Bertz CT molecular complexity index is 897.